The van der Waals surface area contributed by atoms with Gasteiger partial charge in [0.1, 0.15) is 5.69 Å². The summed E-state index contributed by atoms with van der Waals surface area (Å²) in [6, 6.07) is 17.0. The molecule has 0 fully saturated rings. The van der Waals surface area contributed by atoms with Crippen LogP contribution in [0.1, 0.15) is 37.7 Å². The van der Waals surface area contributed by atoms with Crippen molar-refractivity contribution in [1.82, 2.24) is 9.97 Å². The fourth-order valence-corrected chi connectivity index (χ4v) is 3.79. The third-order valence-electron chi connectivity index (χ3n) is 5.53. The van der Waals surface area contributed by atoms with Gasteiger partial charge in [-0.15, -0.1) is 0 Å². The highest BCUT2D eigenvalue weighted by Crippen LogP contribution is 2.30. The SMILES string of the molecule is Cc1ccc(C(=O)Nc2ccc(Cl)c(-c3ccccn3)c2)cc1NC(=O)c1ccc(C(F)(F)F)nc1C. The van der Waals surface area contributed by atoms with Crippen molar-refractivity contribution in [3.63, 3.8) is 0 Å². The van der Waals surface area contributed by atoms with Crippen LogP contribution in [0.3, 0.4) is 0 Å². The normalized spacial score (nSPS) is 11.2. The first-order valence-electron chi connectivity index (χ1n) is 11.0. The van der Waals surface area contributed by atoms with Crippen molar-refractivity contribution in [2.24, 2.45) is 0 Å². The summed E-state index contributed by atoms with van der Waals surface area (Å²) in [5.74, 6) is -1.07. The number of aromatic nitrogens is 2. The monoisotopic (exact) mass is 524 g/mol. The molecule has 0 aliphatic rings. The molecular formula is C27H20ClF3N4O2. The van der Waals surface area contributed by atoms with Gasteiger partial charge in [-0.3, -0.25) is 14.6 Å². The molecule has 4 aromatic rings. The quantitative estimate of drug-likeness (QED) is 0.296. The van der Waals surface area contributed by atoms with Crippen LogP contribution in [0, 0.1) is 13.8 Å². The summed E-state index contributed by atoms with van der Waals surface area (Å²) in [5.41, 5.74) is 1.90. The summed E-state index contributed by atoms with van der Waals surface area (Å²) < 4.78 is 38.7. The second kappa shape index (κ2) is 10.4. The molecule has 0 saturated carbocycles. The van der Waals surface area contributed by atoms with Crippen molar-refractivity contribution in [2.45, 2.75) is 20.0 Å². The van der Waals surface area contributed by atoms with Gasteiger partial charge in [0, 0.05) is 28.7 Å². The van der Waals surface area contributed by atoms with Gasteiger partial charge < -0.3 is 10.6 Å². The largest absolute Gasteiger partial charge is 0.433 e. The fourth-order valence-electron chi connectivity index (χ4n) is 3.57. The topological polar surface area (TPSA) is 84.0 Å². The Bertz CT molecular complexity index is 1490. The minimum atomic E-state index is -4.61. The number of carbonyl (C=O) groups is 2. The molecule has 0 unspecified atom stereocenters. The molecule has 6 nitrogen and oxygen atoms in total. The van der Waals surface area contributed by atoms with E-state index in [2.05, 4.69) is 20.6 Å². The second-order valence-corrected chi connectivity index (χ2v) is 8.58. The van der Waals surface area contributed by atoms with Gasteiger partial charge in [0.05, 0.1) is 22.0 Å². The molecule has 0 saturated heterocycles. The Morgan fingerprint density at radius 1 is 0.892 bits per heavy atom. The minimum absolute atomic E-state index is 0.00882. The lowest BCUT2D eigenvalue weighted by atomic mass is 10.1. The van der Waals surface area contributed by atoms with Crippen molar-refractivity contribution >= 4 is 34.8 Å². The van der Waals surface area contributed by atoms with E-state index >= 15 is 0 Å². The zero-order valence-electron chi connectivity index (χ0n) is 19.7. The van der Waals surface area contributed by atoms with Crippen LogP contribution in [0.4, 0.5) is 24.5 Å². The molecule has 2 N–H and O–H groups in total. The van der Waals surface area contributed by atoms with E-state index in [4.69, 9.17) is 11.6 Å². The molecule has 188 valence electrons. The molecule has 0 radical (unpaired) electrons. The van der Waals surface area contributed by atoms with E-state index in [1.807, 2.05) is 6.07 Å². The highest BCUT2D eigenvalue weighted by atomic mass is 35.5. The summed E-state index contributed by atoms with van der Waals surface area (Å²) >= 11 is 6.31. The summed E-state index contributed by atoms with van der Waals surface area (Å²) in [5, 5.41) is 5.94. The number of alkyl halides is 3. The number of hydrogen-bond acceptors (Lipinski definition) is 4. The maximum absolute atomic E-state index is 13.0. The molecule has 0 aliphatic carbocycles. The van der Waals surface area contributed by atoms with Gasteiger partial charge in [-0.05, 0) is 74.0 Å². The van der Waals surface area contributed by atoms with Crippen molar-refractivity contribution in [1.29, 1.82) is 0 Å². The first kappa shape index (κ1) is 25.8. The Kier molecular flexibility index (Phi) is 7.26. The van der Waals surface area contributed by atoms with Gasteiger partial charge in [-0.2, -0.15) is 13.2 Å². The number of anilines is 2. The Morgan fingerprint density at radius 2 is 1.68 bits per heavy atom. The summed E-state index contributed by atoms with van der Waals surface area (Å²) in [4.78, 5) is 33.5. The van der Waals surface area contributed by atoms with Gasteiger partial charge in [0.25, 0.3) is 11.8 Å². The Hall–Kier alpha value is -4.24. The van der Waals surface area contributed by atoms with Crippen LogP contribution in [-0.4, -0.2) is 21.8 Å². The molecule has 0 spiro atoms. The van der Waals surface area contributed by atoms with E-state index < -0.39 is 23.7 Å². The molecule has 0 atom stereocenters. The summed E-state index contributed by atoms with van der Waals surface area (Å²) in [6.45, 7) is 3.06. The van der Waals surface area contributed by atoms with Gasteiger partial charge in [-0.25, -0.2) is 4.98 Å². The third kappa shape index (κ3) is 5.95. The van der Waals surface area contributed by atoms with Crippen LogP contribution in [0.2, 0.25) is 5.02 Å². The number of aryl methyl sites for hydroxylation is 2. The van der Waals surface area contributed by atoms with Crippen LogP contribution in [0.5, 0.6) is 0 Å². The number of hydrogen-bond donors (Lipinski definition) is 2. The summed E-state index contributed by atoms with van der Waals surface area (Å²) in [6.07, 6.45) is -2.97. The molecule has 0 aliphatic heterocycles. The lowest BCUT2D eigenvalue weighted by molar-refractivity contribution is -0.141. The molecule has 2 aromatic carbocycles. The molecule has 0 bridgehead atoms. The Morgan fingerprint density at radius 3 is 2.35 bits per heavy atom. The van der Waals surface area contributed by atoms with Crippen molar-refractivity contribution in [2.75, 3.05) is 10.6 Å². The van der Waals surface area contributed by atoms with Crippen molar-refractivity contribution in [3.8, 4) is 11.3 Å². The van der Waals surface area contributed by atoms with Gasteiger partial charge >= 0.3 is 6.18 Å². The number of nitrogens with one attached hydrogen (secondary N) is 2. The standard InChI is InChI=1S/C27H20ClF3N4O2/c1-15-6-7-17(13-23(15)35-26(37)19-9-11-24(27(29,30)31)33-16(19)2)25(36)34-18-8-10-21(28)20(14-18)22-5-3-4-12-32-22/h3-14H,1-2H3,(H,34,36)(H,35,37). The molecule has 2 amide bonds. The number of rotatable bonds is 5. The number of nitrogens with zero attached hydrogens (tertiary/aromatic N) is 2. The van der Waals surface area contributed by atoms with Gasteiger partial charge in [-0.1, -0.05) is 23.7 Å². The van der Waals surface area contributed by atoms with Gasteiger partial charge in [0.2, 0.25) is 0 Å². The Balaban J connectivity index is 1.53. The highest BCUT2D eigenvalue weighted by molar-refractivity contribution is 6.33. The lowest BCUT2D eigenvalue weighted by Crippen LogP contribution is -2.18. The van der Waals surface area contributed by atoms with Crippen molar-refractivity contribution in [3.05, 3.63) is 106 Å². The molecule has 10 heteroatoms. The van der Waals surface area contributed by atoms with Crippen LogP contribution in [0.15, 0.2) is 72.9 Å². The molecule has 37 heavy (non-hydrogen) atoms. The number of benzene rings is 2. The van der Waals surface area contributed by atoms with E-state index in [9.17, 15) is 22.8 Å². The zero-order valence-corrected chi connectivity index (χ0v) is 20.4. The molecule has 2 heterocycles. The first-order valence-corrected chi connectivity index (χ1v) is 11.4. The number of amides is 2. The average molecular weight is 525 g/mol. The zero-order chi connectivity index (χ0) is 26.7. The van der Waals surface area contributed by atoms with E-state index in [0.29, 0.717) is 33.2 Å². The van der Waals surface area contributed by atoms with Crippen LogP contribution in [0.25, 0.3) is 11.3 Å². The third-order valence-corrected chi connectivity index (χ3v) is 5.86. The van der Waals surface area contributed by atoms with E-state index in [1.165, 1.54) is 13.0 Å². The van der Waals surface area contributed by atoms with E-state index in [0.717, 1.165) is 12.1 Å². The van der Waals surface area contributed by atoms with Crippen LogP contribution in [-0.2, 0) is 6.18 Å². The molecule has 2 aromatic heterocycles. The summed E-state index contributed by atoms with van der Waals surface area (Å²) in [7, 11) is 0. The highest BCUT2D eigenvalue weighted by Gasteiger charge is 2.33. The number of halogens is 4. The first-order chi connectivity index (χ1) is 17.5. The van der Waals surface area contributed by atoms with Crippen LogP contribution < -0.4 is 10.6 Å². The predicted octanol–water partition coefficient (Wildman–Crippen LogP) is 6.94. The number of carbonyl (C=O) groups excluding carboxylic acids is 2. The average Bonchev–Trinajstić information content (AvgIpc) is 2.86. The maximum Gasteiger partial charge on any atom is 0.433 e. The lowest BCUT2D eigenvalue weighted by Gasteiger charge is -2.13. The van der Waals surface area contributed by atoms with E-state index in [1.54, 1.807) is 55.6 Å². The van der Waals surface area contributed by atoms with Crippen molar-refractivity contribution < 1.29 is 22.8 Å². The Labute approximate surface area is 215 Å². The predicted molar refractivity (Wildman–Crippen MR) is 136 cm³/mol. The number of pyridine rings is 2. The van der Waals surface area contributed by atoms with Crippen LogP contribution >= 0.6 is 11.6 Å². The minimum Gasteiger partial charge on any atom is -0.322 e. The second-order valence-electron chi connectivity index (χ2n) is 8.17. The smallest absolute Gasteiger partial charge is 0.322 e. The maximum atomic E-state index is 13.0. The molecular weight excluding hydrogens is 505 g/mol. The van der Waals surface area contributed by atoms with E-state index in [-0.39, 0.29) is 16.8 Å². The van der Waals surface area contributed by atoms with Gasteiger partial charge in [0.15, 0.2) is 0 Å². The fraction of sp³-hybridized carbons (Fsp3) is 0.111. The molecule has 4 rings (SSSR count).